The molecule has 0 radical (unpaired) electrons. The molecule has 0 aliphatic rings. The fourth-order valence-corrected chi connectivity index (χ4v) is 6.27. The zero-order valence-corrected chi connectivity index (χ0v) is 41.1. The van der Waals surface area contributed by atoms with Crippen LogP contribution >= 0.6 is 0 Å². The van der Waals surface area contributed by atoms with Gasteiger partial charge in [-0.15, -0.1) is 0 Å². The normalized spacial score (nSPS) is 10.4. The summed E-state index contributed by atoms with van der Waals surface area (Å²) in [6, 6.07) is 0. The van der Waals surface area contributed by atoms with Crippen molar-refractivity contribution in [1.29, 1.82) is 0 Å². The van der Waals surface area contributed by atoms with Gasteiger partial charge in [-0.3, -0.25) is 81.5 Å². The lowest BCUT2D eigenvalue weighted by molar-refractivity contribution is -0.151. The van der Waals surface area contributed by atoms with Crippen molar-refractivity contribution in [3.8, 4) is 0 Å². The van der Waals surface area contributed by atoms with Crippen LogP contribution in [0.15, 0.2) is 0 Å². The molecule has 9 amide bonds. The Morgan fingerprint density at radius 1 is 0.250 bits per heavy atom. The lowest BCUT2D eigenvalue weighted by Gasteiger charge is -2.32. The maximum Gasteiger partial charge on any atom is 0.305 e. The Morgan fingerprint density at radius 2 is 0.382 bits per heavy atom. The Hall–Kier alpha value is -9.01. The van der Waals surface area contributed by atoms with Gasteiger partial charge in [-0.25, -0.2) is 0 Å². The second kappa shape index (κ2) is 34.4. The van der Waals surface area contributed by atoms with Gasteiger partial charge in [0.15, 0.2) is 0 Å². The average molecular weight is 1090 g/mol. The summed E-state index contributed by atoms with van der Waals surface area (Å²) < 4.78 is 0. The summed E-state index contributed by atoms with van der Waals surface area (Å²) in [6.45, 7) is -13.4. The summed E-state index contributed by atoms with van der Waals surface area (Å²) >= 11 is 0. The molecule has 0 fully saturated rings. The van der Waals surface area contributed by atoms with Gasteiger partial charge in [-0.1, -0.05) is 0 Å². The van der Waals surface area contributed by atoms with Gasteiger partial charge >= 0.3 is 47.8 Å². The third kappa shape index (κ3) is 29.5. The molecular formula is C42H61N9O25. The van der Waals surface area contributed by atoms with E-state index in [2.05, 4.69) is 0 Å². The minimum Gasteiger partial charge on any atom is -0.481 e. The number of hydrogen-bond acceptors (Lipinski definition) is 17. The van der Waals surface area contributed by atoms with E-state index in [1.807, 2.05) is 0 Å². The molecule has 0 aliphatic heterocycles. The molecular weight excluding hydrogens is 1030 g/mol. The lowest BCUT2D eigenvalue weighted by atomic mass is 10.2. The molecule has 0 unspecified atom stereocenters. The highest BCUT2D eigenvalue weighted by molar-refractivity contribution is 5.94. The minimum atomic E-state index is -1.56. The van der Waals surface area contributed by atoms with Crippen molar-refractivity contribution >= 4 is 101 Å². The van der Waals surface area contributed by atoms with E-state index < -0.39 is 257 Å². The number of rotatable bonds is 40. The molecule has 10 N–H and O–H groups in total. The molecule has 0 saturated heterocycles. The molecule has 0 aromatic heterocycles. The minimum absolute atomic E-state index is 0.481. The summed E-state index contributed by atoms with van der Waals surface area (Å²) in [4.78, 5) is 216. The number of amides is 9. The van der Waals surface area contributed by atoms with Crippen LogP contribution in [-0.4, -0.2) is 286 Å². The van der Waals surface area contributed by atoms with E-state index in [0.29, 0.717) is 34.3 Å². The molecule has 0 rings (SSSR count). The Bertz CT molecular complexity index is 2200. The Labute approximate surface area is 430 Å². The van der Waals surface area contributed by atoms with E-state index in [4.69, 9.17) is 15.9 Å². The zero-order chi connectivity index (χ0) is 58.4. The molecule has 0 bridgehead atoms. The number of carbonyl (C=O) groups excluding carboxylic acids is 9. The Kier molecular flexibility index (Phi) is 30.3. The molecule has 34 heteroatoms. The van der Waals surface area contributed by atoms with Gasteiger partial charge in [-0.2, -0.15) is 0 Å². The molecule has 0 aromatic rings. The largest absolute Gasteiger partial charge is 0.481 e. The fourth-order valence-electron chi connectivity index (χ4n) is 6.27. The van der Waals surface area contributed by atoms with Crippen LogP contribution in [0.2, 0.25) is 0 Å². The maximum absolute atomic E-state index is 14.0. The predicted octanol–water partition coefficient (Wildman–Crippen LogP) is -6.08. The van der Waals surface area contributed by atoms with Gasteiger partial charge in [-0.05, 0) is 0 Å². The van der Waals surface area contributed by atoms with Crippen LogP contribution in [0, 0.1) is 0 Å². The summed E-state index contributed by atoms with van der Waals surface area (Å²) in [5.74, 6) is -22.4. The summed E-state index contributed by atoms with van der Waals surface area (Å²) in [5, 5.41) is 74.5. The first-order valence-electron chi connectivity index (χ1n) is 22.6. The van der Waals surface area contributed by atoms with E-state index in [9.17, 15) is 112 Å². The Morgan fingerprint density at radius 3 is 0.513 bits per heavy atom. The van der Waals surface area contributed by atoms with Gasteiger partial charge in [0.05, 0.1) is 104 Å². The van der Waals surface area contributed by atoms with Gasteiger partial charge < -0.3 is 85.8 Å². The van der Waals surface area contributed by atoms with Crippen molar-refractivity contribution in [3.05, 3.63) is 0 Å². The van der Waals surface area contributed by atoms with Crippen molar-refractivity contribution in [1.82, 2.24) is 39.2 Å². The van der Waals surface area contributed by atoms with Crippen LogP contribution in [0.3, 0.4) is 0 Å². The maximum atomic E-state index is 14.0. The number of carbonyl (C=O) groups is 17. The number of primary amides is 1. The highest BCUT2D eigenvalue weighted by atomic mass is 16.4. The van der Waals surface area contributed by atoms with Crippen LogP contribution in [0.1, 0.15) is 58.3 Å². The molecule has 0 aliphatic carbocycles. The highest BCUT2D eigenvalue weighted by Gasteiger charge is 2.32. The van der Waals surface area contributed by atoms with E-state index >= 15 is 0 Å². The van der Waals surface area contributed by atoms with E-state index in [-0.39, 0.29) is 0 Å². The molecule has 0 aromatic carbocycles. The first-order chi connectivity index (χ1) is 35.3. The standard InChI is InChI=1S/C42H61N9O25/c1-26(52)44(10-2-35(61)62)19-28(54)46(12-4-37(65)66)21-30(56)48(14-6-39(69)70)23-32(58)50(16-8-41(73)74)25-34(60)51(17-9-42(75)76)24-33(59)49(15-7-40(71)72)22-31(57)47(13-5-38(67)68)20-29(55)45(18-27(43)53)11-3-36(63)64/h2-25H2,1H3,(H2,43,53)(H,61,62)(H,63,64)(H,65,66)(H,67,68)(H,69,70)(H,71,72)(H,73,74)(H,75,76). The SMILES string of the molecule is CC(=O)N(CCC(=O)O)CC(=O)N(CCC(=O)O)CC(=O)N(CCC(=O)O)CC(=O)N(CCC(=O)O)CC(=O)N(CCC(=O)O)CC(=O)N(CCC(=O)O)CC(=O)N(CCC(=O)O)CC(=O)N(CCC(=O)O)CC(N)=O. The van der Waals surface area contributed by atoms with E-state index in [0.717, 1.165) is 11.8 Å². The fraction of sp³-hybridized carbons (Fsp3) is 0.595. The van der Waals surface area contributed by atoms with Gasteiger partial charge in [0.2, 0.25) is 53.2 Å². The first kappa shape index (κ1) is 67.0. The lowest BCUT2D eigenvalue weighted by Crippen LogP contribution is -2.53. The number of carboxylic acids is 8. The van der Waals surface area contributed by atoms with Gasteiger partial charge in [0, 0.05) is 59.3 Å². The van der Waals surface area contributed by atoms with Crippen molar-refractivity contribution in [2.75, 3.05) is 105 Å². The molecule has 34 nitrogen and oxygen atoms in total. The second-order valence-electron chi connectivity index (χ2n) is 16.3. The number of hydrogen-bond donors (Lipinski definition) is 9. The van der Waals surface area contributed by atoms with Crippen molar-refractivity contribution in [2.24, 2.45) is 5.73 Å². The third-order valence-electron chi connectivity index (χ3n) is 10.3. The van der Waals surface area contributed by atoms with Crippen LogP contribution in [0.4, 0.5) is 0 Å². The van der Waals surface area contributed by atoms with Gasteiger partial charge in [0.25, 0.3) is 0 Å². The monoisotopic (exact) mass is 1090 g/mol. The molecule has 0 spiro atoms. The summed E-state index contributed by atoms with van der Waals surface area (Å²) in [5.41, 5.74) is 5.16. The van der Waals surface area contributed by atoms with Crippen molar-refractivity contribution < 1.29 is 122 Å². The molecule has 0 atom stereocenters. The second-order valence-corrected chi connectivity index (χ2v) is 16.3. The average Bonchev–Trinajstić information content (AvgIpc) is 3.30. The van der Waals surface area contributed by atoms with Crippen LogP contribution in [0.5, 0.6) is 0 Å². The topological polar surface area (TPSA) is 504 Å². The van der Waals surface area contributed by atoms with E-state index in [1.165, 1.54) is 0 Å². The zero-order valence-electron chi connectivity index (χ0n) is 41.1. The number of carboxylic acid groups (broad SMARTS) is 8. The summed E-state index contributed by atoms with van der Waals surface area (Å²) in [6.07, 6.45) is -6.50. The number of aliphatic carboxylic acids is 8. The predicted molar refractivity (Wildman–Crippen MR) is 246 cm³/mol. The molecule has 0 saturated carbocycles. The van der Waals surface area contributed by atoms with Crippen LogP contribution < -0.4 is 5.73 Å². The third-order valence-corrected chi connectivity index (χ3v) is 10.3. The summed E-state index contributed by atoms with van der Waals surface area (Å²) in [7, 11) is 0. The van der Waals surface area contributed by atoms with Crippen molar-refractivity contribution in [3.63, 3.8) is 0 Å². The van der Waals surface area contributed by atoms with E-state index in [1.54, 1.807) is 0 Å². The molecule has 424 valence electrons. The van der Waals surface area contributed by atoms with Crippen LogP contribution in [-0.2, 0) is 81.5 Å². The van der Waals surface area contributed by atoms with Crippen molar-refractivity contribution in [2.45, 2.75) is 58.3 Å². The van der Waals surface area contributed by atoms with Crippen LogP contribution in [0.25, 0.3) is 0 Å². The quantitative estimate of drug-likeness (QED) is 0.0276. The first-order valence-corrected chi connectivity index (χ1v) is 22.6. The number of nitrogens with zero attached hydrogens (tertiary/aromatic N) is 8. The molecule has 76 heavy (non-hydrogen) atoms. The van der Waals surface area contributed by atoms with Gasteiger partial charge in [0.1, 0.15) is 0 Å². The Balaban J connectivity index is 7.01. The molecule has 0 heterocycles. The number of nitrogens with two attached hydrogens (primary N) is 1. The smallest absolute Gasteiger partial charge is 0.305 e. The highest BCUT2D eigenvalue weighted by Crippen LogP contribution is 2.09.